The lowest BCUT2D eigenvalue weighted by atomic mass is 10.2. The molecule has 0 bridgehead atoms. The number of hydrogen-bond acceptors (Lipinski definition) is 4. The van der Waals surface area contributed by atoms with Crippen molar-refractivity contribution in [3.8, 4) is 5.75 Å². The Morgan fingerprint density at radius 3 is 2.68 bits per heavy atom. The van der Waals surface area contributed by atoms with E-state index in [0.29, 0.717) is 28.0 Å². The van der Waals surface area contributed by atoms with Gasteiger partial charge in [-0.2, -0.15) is 10.2 Å². The molecule has 1 amide bonds. The maximum Gasteiger partial charge on any atom is 0.276 e. The van der Waals surface area contributed by atoms with Crippen molar-refractivity contribution in [1.82, 2.24) is 19.6 Å². The predicted octanol–water partition coefficient (Wildman–Crippen LogP) is 5.49. The van der Waals surface area contributed by atoms with E-state index in [0.717, 1.165) is 10.0 Å². The van der Waals surface area contributed by atoms with Gasteiger partial charge in [0.1, 0.15) is 5.75 Å². The Morgan fingerprint density at radius 1 is 1.10 bits per heavy atom. The highest BCUT2D eigenvalue weighted by molar-refractivity contribution is 9.10. The average Bonchev–Trinajstić information content (AvgIpc) is 3.39. The van der Waals surface area contributed by atoms with Crippen LogP contribution in [0.4, 0.5) is 5.69 Å². The zero-order valence-electron chi connectivity index (χ0n) is 16.0. The van der Waals surface area contributed by atoms with E-state index in [-0.39, 0.29) is 18.3 Å². The highest BCUT2D eigenvalue weighted by Gasteiger charge is 2.12. The maximum atomic E-state index is 12.5. The molecule has 7 nitrogen and oxygen atoms in total. The summed E-state index contributed by atoms with van der Waals surface area (Å²) in [6.07, 6.45) is 5.00. The van der Waals surface area contributed by atoms with Gasteiger partial charge in [-0.15, -0.1) is 0 Å². The Hall–Kier alpha value is -2.81. The van der Waals surface area contributed by atoms with Gasteiger partial charge in [-0.25, -0.2) is 4.68 Å². The Balaban J connectivity index is 1.33. The number of aromatic nitrogens is 4. The molecule has 0 fully saturated rings. The number of nitrogens with zero attached hydrogens (tertiary/aromatic N) is 4. The smallest absolute Gasteiger partial charge is 0.276 e. The van der Waals surface area contributed by atoms with Gasteiger partial charge in [-0.1, -0.05) is 51.3 Å². The molecule has 0 spiro atoms. The van der Waals surface area contributed by atoms with E-state index >= 15 is 0 Å². The second-order valence-electron chi connectivity index (χ2n) is 6.60. The standard InChI is InChI=1S/C21H16BrCl2N5O2/c22-15-3-6-20(18(24)9-15)31-13-28-8-7-19(27-28)21(30)26-17-10-25-29(12-17)11-14-1-4-16(23)5-2-14/h1-10,12H,11,13H2,(H,26,30). The Morgan fingerprint density at radius 2 is 1.90 bits per heavy atom. The molecule has 1 N–H and O–H groups in total. The van der Waals surface area contributed by atoms with E-state index in [2.05, 4.69) is 31.4 Å². The van der Waals surface area contributed by atoms with Crippen molar-refractivity contribution in [2.45, 2.75) is 13.3 Å². The molecule has 0 aliphatic rings. The van der Waals surface area contributed by atoms with Gasteiger partial charge in [0.25, 0.3) is 5.91 Å². The van der Waals surface area contributed by atoms with E-state index < -0.39 is 0 Å². The molecule has 0 unspecified atom stereocenters. The van der Waals surface area contributed by atoms with E-state index in [1.165, 1.54) is 4.68 Å². The number of hydrogen-bond donors (Lipinski definition) is 1. The lowest BCUT2D eigenvalue weighted by Gasteiger charge is -2.08. The molecule has 4 rings (SSSR count). The normalized spacial score (nSPS) is 10.8. The molecular formula is C21H16BrCl2N5O2. The quantitative estimate of drug-likeness (QED) is 0.350. The number of halogens is 3. The first-order valence-electron chi connectivity index (χ1n) is 9.16. The first kappa shape index (κ1) is 21.4. The fourth-order valence-corrected chi connectivity index (χ4v) is 3.62. The summed E-state index contributed by atoms with van der Waals surface area (Å²) in [4.78, 5) is 12.5. The number of nitrogens with one attached hydrogen (secondary N) is 1. The fraction of sp³-hybridized carbons (Fsp3) is 0.0952. The summed E-state index contributed by atoms with van der Waals surface area (Å²) in [5, 5.41) is 12.5. The van der Waals surface area contributed by atoms with Crippen molar-refractivity contribution >= 4 is 50.7 Å². The van der Waals surface area contributed by atoms with Crippen LogP contribution in [-0.4, -0.2) is 25.5 Å². The van der Waals surface area contributed by atoms with Crippen LogP contribution < -0.4 is 10.1 Å². The second kappa shape index (κ2) is 9.55. The summed E-state index contributed by atoms with van der Waals surface area (Å²) in [6.45, 7) is 0.686. The second-order valence-corrected chi connectivity index (χ2v) is 8.36. The van der Waals surface area contributed by atoms with Crippen LogP contribution in [0.1, 0.15) is 16.1 Å². The first-order chi connectivity index (χ1) is 15.0. The first-order valence-corrected chi connectivity index (χ1v) is 10.7. The molecule has 0 saturated heterocycles. The van der Waals surface area contributed by atoms with E-state index in [1.807, 2.05) is 30.3 Å². The molecule has 2 aromatic heterocycles. The van der Waals surface area contributed by atoms with Crippen molar-refractivity contribution < 1.29 is 9.53 Å². The summed E-state index contributed by atoms with van der Waals surface area (Å²) < 4.78 is 9.75. The highest BCUT2D eigenvalue weighted by Crippen LogP contribution is 2.27. The minimum absolute atomic E-state index is 0.119. The summed E-state index contributed by atoms with van der Waals surface area (Å²) in [5.41, 5.74) is 1.89. The summed E-state index contributed by atoms with van der Waals surface area (Å²) in [7, 11) is 0. The number of benzene rings is 2. The lowest BCUT2D eigenvalue weighted by molar-refractivity contribution is 0.102. The van der Waals surface area contributed by atoms with Crippen LogP contribution in [0, 0.1) is 0 Å². The molecule has 2 aromatic carbocycles. The summed E-state index contributed by atoms with van der Waals surface area (Å²) in [6, 6.07) is 14.5. The number of carbonyl (C=O) groups is 1. The van der Waals surface area contributed by atoms with Gasteiger partial charge in [0.2, 0.25) is 0 Å². The molecule has 0 atom stereocenters. The van der Waals surface area contributed by atoms with Crippen LogP contribution in [-0.2, 0) is 13.3 Å². The number of amides is 1. The van der Waals surface area contributed by atoms with Crippen LogP contribution >= 0.6 is 39.1 Å². The monoisotopic (exact) mass is 519 g/mol. The van der Waals surface area contributed by atoms with Crippen LogP contribution in [0.25, 0.3) is 0 Å². The third-order valence-corrected chi connectivity index (χ3v) is 5.31. The van der Waals surface area contributed by atoms with E-state index in [9.17, 15) is 4.79 Å². The molecule has 2 heterocycles. The average molecular weight is 521 g/mol. The molecule has 4 aromatic rings. The van der Waals surface area contributed by atoms with Gasteiger partial charge in [0, 0.05) is 21.9 Å². The SMILES string of the molecule is O=C(Nc1cnn(Cc2ccc(Cl)cc2)c1)c1ccn(COc2ccc(Br)cc2Cl)n1. The van der Waals surface area contributed by atoms with Crippen molar-refractivity contribution in [1.29, 1.82) is 0 Å². The van der Waals surface area contributed by atoms with Crippen LogP contribution in [0.5, 0.6) is 5.75 Å². The van der Waals surface area contributed by atoms with Gasteiger partial charge in [0.15, 0.2) is 12.4 Å². The van der Waals surface area contributed by atoms with E-state index in [1.54, 1.807) is 41.5 Å². The van der Waals surface area contributed by atoms with Crippen molar-refractivity contribution in [3.63, 3.8) is 0 Å². The molecule has 158 valence electrons. The Kier molecular flexibility index (Phi) is 6.60. The van der Waals surface area contributed by atoms with Gasteiger partial charge in [0.05, 0.1) is 23.5 Å². The van der Waals surface area contributed by atoms with Crippen LogP contribution in [0.3, 0.4) is 0 Å². The minimum atomic E-state index is -0.341. The highest BCUT2D eigenvalue weighted by atomic mass is 79.9. The topological polar surface area (TPSA) is 74.0 Å². The number of carbonyl (C=O) groups excluding carboxylic acids is 1. The maximum absolute atomic E-state index is 12.5. The Bertz CT molecular complexity index is 1210. The Labute approximate surface area is 196 Å². The van der Waals surface area contributed by atoms with Gasteiger partial charge < -0.3 is 10.1 Å². The van der Waals surface area contributed by atoms with Crippen LogP contribution in [0.15, 0.2) is 71.6 Å². The van der Waals surface area contributed by atoms with Crippen molar-refractivity contribution in [2.24, 2.45) is 0 Å². The lowest BCUT2D eigenvalue weighted by Crippen LogP contribution is -2.14. The summed E-state index contributed by atoms with van der Waals surface area (Å²) in [5.74, 6) is 0.186. The van der Waals surface area contributed by atoms with Gasteiger partial charge >= 0.3 is 0 Å². The molecule has 0 radical (unpaired) electrons. The third-order valence-electron chi connectivity index (χ3n) is 4.27. The molecular weight excluding hydrogens is 505 g/mol. The number of anilines is 1. The van der Waals surface area contributed by atoms with Gasteiger partial charge in [-0.05, 0) is 42.0 Å². The number of ether oxygens (including phenoxy) is 1. The van der Waals surface area contributed by atoms with Crippen LogP contribution in [0.2, 0.25) is 10.0 Å². The molecule has 0 saturated carbocycles. The zero-order valence-corrected chi connectivity index (χ0v) is 19.1. The molecule has 0 aliphatic carbocycles. The zero-order chi connectivity index (χ0) is 21.8. The summed E-state index contributed by atoms with van der Waals surface area (Å²) >= 11 is 15.4. The van der Waals surface area contributed by atoms with E-state index in [4.69, 9.17) is 27.9 Å². The fourth-order valence-electron chi connectivity index (χ4n) is 2.77. The largest absolute Gasteiger partial charge is 0.470 e. The molecule has 10 heteroatoms. The minimum Gasteiger partial charge on any atom is -0.470 e. The molecule has 0 aliphatic heterocycles. The van der Waals surface area contributed by atoms with Crippen molar-refractivity contribution in [3.05, 3.63) is 92.9 Å². The van der Waals surface area contributed by atoms with Crippen molar-refractivity contribution in [2.75, 3.05) is 5.32 Å². The molecule has 31 heavy (non-hydrogen) atoms. The van der Waals surface area contributed by atoms with Gasteiger partial charge in [-0.3, -0.25) is 9.48 Å². The number of rotatable bonds is 7. The predicted molar refractivity (Wildman–Crippen MR) is 123 cm³/mol. The third kappa shape index (κ3) is 5.66.